The highest BCUT2D eigenvalue weighted by Crippen LogP contribution is 2.04. The van der Waals surface area contributed by atoms with Crippen molar-refractivity contribution in [2.24, 2.45) is 0 Å². The summed E-state index contributed by atoms with van der Waals surface area (Å²) in [6.07, 6.45) is 1.07. The third-order valence-electron chi connectivity index (χ3n) is 2.20. The maximum absolute atomic E-state index is 10.9. The van der Waals surface area contributed by atoms with Crippen LogP contribution in [0, 0.1) is 0 Å². The Hall–Kier alpha value is -0.170. The first-order chi connectivity index (χ1) is 6.51. The number of nitrogens with zero attached hydrogens (tertiary/aromatic N) is 1. The van der Waals surface area contributed by atoms with Gasteiger partial charge in [-0.3, -0.25) is 4.90 Å². The summed E-state index contributed by atoms with van der Waals surface area (Å²) in [4.78, 5) is 2.01. The Bertz CT molecular complexity index is 265. The van der Waals surface area contributed by atoms with Gasteiger partial charge in [-0.25, -0.2) is 8.42 Å². The number of hydrogen-bond acceptors (Lipinski definition) is 5. The maximum Gasteiger partial charge on any atom is 0.148 e. The molecule has 0 radical (unpaired) electrons. The first-order valence-corrected chi connectivity index (χ1v) is 6.70. The Morgan fingerprint density at radius 3 is 2.86 bits per heavy atom. The summed E-state index contributed by atoms with van der Waals surface area (Å²) >= 11 is 0. The zero-order chi connectivity index (χ0) is 10.6. The number of ether oxygens (including phenoxy) is 1. The summed E-state index contributed by atoms with van der Waals surface area (Å²) in [5, 5.41) is 8.87. The van der Waals surface area contributed by atoms with Gasteiger partial charge in [-0.05, 0) is 0 Å². The molecule has 0 saturated carbocycles. The lowest BCUT2D eigenvalue weighted by molar-refractivity contribution is -0.0510. The van der Waals surface area contributed by atoms with E-state index in [0.29, 0.717) is 19.7 Å². The van der Waals surface area contributed by atoms with Gasteiger partial charge in [0.25, 0.3) is 0 Å². The molecule has 0 bridgehead atoms. The van der Waals surface area contributed by atoms with Crippen LogP contribution in [0.25, 0.3) is 0 Å². The molecular formula is C8H17NO4S. The molecular weight excluding hydrogens is 206 g/mol. The average Bonchev–Trinajstić information content (AvgIpc) is 2.14. The van der Waals surface area contributed by atoms with E-state index >= 15 is 0 Å². The third-order valence-corrected chi connectivity index (χ3v) is 3.13. The first-order valence-electron chi connectivity index (χ1n) is 4.64. The van der Waals surface area contributed by atoms with Crippen molar-refractivity contribution in [1.29, 1.82) is 0 Å². The largest absolute Gasteiger partial charge is 0.394 e. The molecule has 1 heterocycles. The van der Waals surface area contributed by atoms with Gasteiger partial charge < -0.3 is 9.84 Å². The van der Waals surface area contributed by atoms with E-state index in [9.17, 15) is 8.42 Å². The number of morpholine rings is 1. The molecule has 1 fully saturated rings. The predicted molar refractivity (Wildman–Crippen MR) is 53.0 cm³/mol. The van der Waals surface area contributed by atoms with Gasteiger partial charge in [0, 0.05) is 25.9 Å². The lowest BCUT2D eigenvalue weighted by atomic mass is 10.3. The Labute approximate surface area is 84.6 Å². The fourth-order valence-electron chi connectivity index (χ4n) is 1.39. The molecule has 0 spiro atoms. The maximum atomic E-state index is 10.9. The minimum atomic E-state index is -2.89. The van der Waals surface area contributed by atoms with Crippen LogP contribution in [0.1, 0.15) is 0 Å². The lowest BCUT2D eigenvalue weighted by Gasteiger charge is -2.31. The lowest BCUT2D eigenvalue weighted by Crippen LogP contribution is -2.45. The van der Waals surface area contributed by atoms with Crippen LogP contribution >= 0.6 is 0 Å². The van der Waals surface area contributed by atoms with Gasteiger partial charge in [-0.1, -0.05) is 0 Å². The zero-order valence-electron chi connectivity index (χ0n) is 8.35. The molecule has 0 aromatic carbocycles. The number of aliphatic hydroxyl groups is 1. The Morgan fingerprint density at radius 2 is 2.29 bits per heavy atom. The minimum absolute atomic E-state index is 0.00459. The van der Waals surface area contributed by atoms with Crippen molar-refractivity contribution in [2.45, 2.75) is 6.10 Å². The van der Waals surface area contributed by atoms with E-state index in [-0.39, 0.29) is 18.5 Å². The van der Waals surface area contributed by atoms with Crippen molar-refractivity contribution < 1.29 is 18.3 Å². The van der Waals surface area contributed by atoms with E-state index in [1.54, 1.807) is 0 Å². The molecule has 1 unspecified atom stereocenters. The quantitative estimate of drug-likeness (QED) is 0.643. The molecule has 1 aliphatic rings. The summed E-state index contributed by atoms with van der Waals surface area (Å²) < 4.78 is 27.1. The third kappa shape index (κ3) is 4.36. The molecule has 1 aliphatic heterocycles. The van der Waals surface area contributed by atoms with Gasteiger partial charge in [-0.15, -0.1) is 0 Å². The van der Waals surface area contributed by atoms with Crippen molar-refractivity contribution in [3.63, 3.8) is 0 Å². The van der Waals surface area contributed by atoms with Gasteiger partial charge in [0.05, 0.1) is 25.1 Å². The van der Waals surface area contributed by atoms with Crippen LogP contribution in [0.3, 0.4) is 0 Å². The molecule has 1 rings (SSSR count). The second kappa shape index (κ2) is 5.06. The highest BCUT2D eigenvalue weighted by molar-refractivity contribution is 7.90. The Balaban J connectivity index is 2.31. The molecule has 6 heteroatoms. The molecule has 0 aromatic heterocycles. The summed E-state index contributed by atoms with van der Waals surface area (Å²) in [5.41, 5.74) is 0. The van der Waals surface area contributed by atoms with E-state index < -0.39 is 9.84 Å². The molecule has 5 nitrogen and oxygen atoms in total. The summed E-state index contributed by atoms with van der Waals surface area (Å²) in [5.74, 6) is 0.172. The second-order valence-electron chi connectivity index (χ2n) is 3.61. The predicted octanol–water partition coefficient (Wildman–Crippen LogP) is -1.28. The van der Waals surface area contributed by atoms with E-state index in [1.165, 1.54) is 6.26 Å². The zero-order valence-corrected chi connectivity index (χ0v) is 9.16. The molecule has 0 aliphatic carbocycles. The van der Waals surface area contributed by atoms with Gasteiger partial charge >= 0.3 is 0 Å². The van der Waals surface area contributed by atoms with Crippen molar-refractivity contribution in [3.8, 4) is 0 Å². The molecule has 1 N–H and O–H groups in total. The molecule has 1 atom stereocenters. The Kier molecular flexibility index (Phi) is 4.31. The Morgan fingerprint density at radius 1 is 1.57 bits per heavy atom. The van der Waals surface area contributed by atoms with Crippen LogP contribution in [0.15, 0.2) is 0 Å². The van der Waals surface area contributed by atoms with E-state index in [1.807, 2.05) is 4.90 Å². The van der Waals surface area contributed by atoms with Crippen LogP contribution in [-0.2, 0) is 14.6 Å². The highest BCUT2D eigenvalue weighted by Gasteiger charge is 2.20. The highest BCUT2D eigenvalue weighted by atomic mass is 32.2. The van der Waals surface area contributed by atoms with Gasteiger partial charge in [0.1, 0.15) is 9.84 Å². The van der Waals surface area contributed by atoms with Crippen molar-refractivity contribution in [2.75, 3.05) is 44.9 Å². The SMILES string of the molecule is CS(=O)(=O)CCN1CCOC(CO)C1. The van der Waals surface area contributed by atoms with Crippen LogP contribution in [0.4, 0.5) is 0 Å². The van der Waals surface area contributed by atoms with Crippen LogP contribution < -0.4 is 0 Å². The topological polar surface area (TPSA) is 66.8 Å². The van der Waals surface area contributed by atoms with E-state index in [2.05, 4.69) is 0 Å². The van der Waals surface area contributed by atoms with Crippen LogP contribution in [-0.4, -0.2) is 69.4 Å². The molecule has 1 saturated heterocycles. The minimum Gasteiger partial charge on any atom is -0.394 e. The van der Waals surface area contributed by atoms with Crippen LogP contribution in [0.2, 0.25) is 0 Å². The normalized spacial score (nSPS) is 25.1. The fourth-order valence-corrected chi connectivity index (χ4v) is 1.98. The molecule has 84 valence electrons. The van der Waals surface area contributed by atoms with E-state index in [0.717, 1.165) is 6.54 Å². The van der Waals surface area contributed by atoms with Gasteiger partial charge in [-0.2, -0.15) is 0 Å². The number of sulfone groups is 1. The summed E-state index contributed by atoms with van der Waals surface area (Å²) in [7, 11) is -2.89. The van der Waals surface area contributed by atoms with Crippen molar-refractivity contribution in [1.82, 2.24) is 4.90 Å². The monoisotopic (exact) mass is 223 g/mol. The standard InChI is InChI=1S/C8H17NO4S/c1-14(11,12)5-3-9-2-4-13-8(6-9)7-10/h8,10H,2-7H2,1H3. The van der Waals surface area contributed by atoms with Crippen molar-refractivity contribution >= 4 is 9.84 Å². The smallest absolute Gasteiger partial charge is 0.148 e. The number of rotatable bonds is 4. The average molecular weight is 223 g/mol. The fraction of sp³-hybridized carbons (Fsp3) is 1.00. The van der Waals surface area contributed by atoms with Crippen LogP contribution in [0.5, 0.6) is 0 Å². The molecule has 0 amide bonds. The van der Waals surface area contributed by atoms with Gasteiger partial charge in [0.2, 0.25) is 0 Å². The summed E-state index contributed by atoms with van der Waals surface area (Å²) in [6, 6.07) is 0. The number of aliphatic hydroxyl groups excluding tert-OH is 1. The van der Waals surface area contributed by atoms with Crippen molar-refractivity contribution in [3.05, 3.63) is 0 Å². The van der Waals surface area contributed by atoms with Gasteiger partial charge in [0.15, 0.2) is 0 Å². The second-order valence-corrected chi connectivity index (χ2v) is 5.87. The summed E-state index contributed by atoms with van der Waals surface area (Å²) in [6.45, 7) is 2.45. The first kappa shape index (κ1) is 11.9. The van der Waals surface area contributed by atoms with E-state index in [4.69, 9.17) is 9.84 Å². The number of hydrogen-bond donors (Lipinski definition) is 1. The molecule has 0 aromatic rings. The molecule has 14 heavy (non-hydrogen) atoms.